The number of carbonyl (C=O) groups is 1. The number of nitrogens with zero attached hydrogens (tertiary/aromatic N) is 1. The minimum atomic E-state index is -4.59. The molecule has 0 heterocycles. The normalized spacial score (nSPS) is 14.2. The van der Waals surface area contributed by atoms with Gasteiger partial charge in [0.15, 0.2) is 0 Å². The Morgan fingerprint density at radius 3 is 0.957 bits per heavy atom. The van der Waals surface area contributed by atoms with Crippen LogP contribution in [0.5, 0.6) is 0 Å². The Kier molecular flexibility index (Phi) is 70.7. The molecule has 0 saturated heterocycles. The number of phosphoric acid groups is 1. The lowest BCUT2D eigenvalue weighted by molar-refractivity contribution is -0.870. The van der Waals surface area contributed by atoms with Gasteiger partial charge < -0.3 is 28.8 Å². The number of hydrogen-bond acceptors (Lipinski definition) is 6. The lowest BCUT2D eigenvalue weighted by Gasteiger charge is -2.30. The van der Waals surface area contributed by atoms with Crippen LogP contribution in [0.4, 0.5) is 0 Å². The van der Waals surface area contributed by atoms with Gasteiger partial charge in [-0.05, 0) is 89.9 Å². The largest absolute Gasteiger partial charge is 0.756 e. The summed E-state index contributed by atoms with van der Waals surface area (Å²) in [5.41, 5.74) is 0. The molecule has 3 atom stereocenters. The summed E-state index contributed by atoms with van der Waals surface area (Å²) in [7, 11) is 1.30. The first-order chi connectivity index (χ1) is 45.5. The number of aliphatic hydroxyl groups is 1. The summed E-state index contributed by atoms with van der Waals surface area (Å²) < 4.78 is 23.6. The minimum Gasteiger partial charge on any atom is -0.756 e. The van der Waals surface area contributed by atoms with Gasteiger partial charge in [0, 0.05) is 6.42 Å². The van der Waals surface area contributed by atoms with Crippen LogP contribution in [0, 0.1) is 0 Å². The van der Waals surface area contributed by atoms with E-state index in [9.17, 15) is 19.4 Å². The maximum atomic E-state index is 13.1. The Morgan fingerprint density at radius 1 is 0.387 bits per heavy atom. The number of likely N-dealkylation sites (N-methyl/N-ethyl adjacent to an activating group) is 1. The number of carbonyl (C=O) groups excluding carboxylic acids is 1. The highest BCUT2D eigenvalue weighted by atomic mass is 31.2. The number of unbranched alkanes of at least 4 members (excludes halogenated alkanes) is 39. The van der Waals surface area contributed by atoms with E-state index < -0.39 is 20.0 Å². The molecule has 1 amide bonds. The van der Waals surface area contributed by atoms with E-state index in [1.54, 1.807) is 0 Å². The number of amides is 1. The summed E-state index contributed by atoms with van der Waals surface area (Å²) >= 11 is 0. The number of hydrogen-bond donors (Lipinski definition) is 2. The van der Waals surface area contributed by atoms with Crippen molar-refractivity contribution in [2.24, 2.45) is 0 Å². The molecule has 0 aromatic rings. The van der Waals surface area contributed by atoms with Crippen LogP contribution in [0.25, 0.3) is 0 Å². The van der Waals surface area contributed by atoms with Gasteiger partial charge in [-0.1, -0.05) is 379 Å². The van der Waals surface area contributed by atoms with Crippen molar-refractivity contribution in [1.82, 2.24) is 5.32 Å². The van der Waals surface area contributed by atoms with Gasteiger partial charge in [-0.25, -0.2) is 0 Å². The smallest absolute Gasteiger partial charge is 0.268 e. The van der Waals surface area contributed by atoms with Gasteiger partial charge in [-0.2, -0.15) is 0 Å². The second kappa shape index (κ2) is 73.2. The highest BCUT2D eigenvalue weighted by Gasteiger charge is 2.24. The second-order valence-electron chi connectivity index (χ2n) is 27.7. The molecule has 9 heteroatoms. The predicted molar refractivity (Wildman–Crippen MR) is 408 cm³/mol. The van der Waals surface area contributed by atoms with Crippen molar-refractivity contribution in [3.05, 3.63) is 122 Å². The molecule has 93 heavy (non-hydrogen) atoms. The molecular formula is C84H151N2O6P. The van der Waals surface area contributed by atoms with Crippen LogP contribution >= 0.6 is 7.82 Å². The average Bonchev–Trinajstić information content (AvgIpc) is 2.75. The standard InChI is InChI=1S/C84H151N2O6P/c1-6-8-10-12-14-16-18-20-22-24-26-28-30-32-34-36-38-39-40-41-42-43-44-45-46-47-48-50-52-54-56-58-60-62-64-66-68-70-72-74-76-78-84(88)85-82(81-92-93(89,90)91-80-79-86(3,4)5)83(87)77-75-73-71-69-67-65-63-61-59-57-55-53-51-49-37-35-33-31-29-27-25-23-21-19-17-15-13-11-9-7-2/h8,10,14,16,20,22,26,28,32,34,38-39,41-42,44-45,47-48,52,54,82-83,87H,6-7,9,11-13,15,17-19,21,23-25,27,29-31,33,35-37,40,43,46,49-51,53,55-81H2,1-5H3,(H-,85,88,89,90)/b10-8-,16-14-,22-20-,28-26-,34-32-,39-38-,42-41-,45-44-,48-47-,54-52-. The van der Waals surface area contributed by atoms with Gasteiger partial charge in [0.2, 0.25) is 5.91 Å². The Hall–Kier alpha value is -3.10. The Balaban J connectivity index is 4.04. The van der Waals surface area contributed by atoms with Crippen LogP contribution in [0.15, 0.2) is 122 Å². The number of aliphatic hydroxyl groups excluding tert-OH is 1. The van der Waals surface area contributed by atoms with Crippen LogP contribution in [0.3, 0.4) is 0 Å². The SMILES string of the molecule is CC/C=C\C/C=C\C/C=C\C/C=C\C/C=C\C/C=C\C/C=C\C/C=C\C/C=C\C/C=C\CCCCCCCCCCCCC(=O)NC(COP(=O)([O-])OCC[N+](C)(C)C)C(O)CCCCCCCCCCCCCCCCCCCCCCCCCCCCCCCC. The summed E-state index contributed by atoms with van der Waals surface area (Å²) in [6, 6.07) is -0.813. The summed E-state index contributed by atoms with van der Waals surface area (Å²) in [4.78, 5) is 25.7. The van der Waals surface area contributed by atoms with Gasteiger partial charge in [-0.3, -0.25) is 9.36 Å². The summed E-state index contributed by atoms with van der Waals surface area (Å²) in [6.07, 6.45) is 109. The number of quaternary nitrogens is 1. The number of allylic oxidation sites excluding steroid dienone is 20. The van der Waals surface area contributed by atoms with E-state index >= 15 is 0 Å². The topological polar surface area (TPSA) is 108 Å². The van der Waals surface area contributed by atoms with Crippen molar-refractivity contribution in [3.8, 4) is 0 Å². The molecule has 0 aliphatic rings. The molecule has 0 aliphatic carbocycles. The molecule has 0 radical (unpaired) electrons. The fraction of sp³-hybridized carbons (Fsp3) is 0.750. The number of nitrogens with one attached hydrogen (secondary N) is 1. The summed E-state index contributed by atoms with van der Waals surface area (Å²) in [5.74, 6) is -0.169. The van der Waals surface area contributed by atoms with E-state index in [-0.39, 0.29) is 19.1 Å². The second-order valence-corrected chi connectivity index (χ2v) is 29.1. The van der Waals surface area contributed by atoms with Crippen LogP contribution < -0.4 is 10.2 Å². The Morgan fingerprint density at radius 2 is 0.656 bits per heavy atom. The van der Waals surface area contributed by atoms with Crippen LogP contribution in [0.1, 0.15) is 354 Å². The summed E-state index contributed by atoms with van der Waals surface area (Å²) in [6.45, 7) is 4.64. The van der Waals surface area contributed by atoms with Gasteiger partial charge in [0.25, 0.3) is 7.82 Å². The molecule has 0 saturated carbocycles. The average molecular weight is 1320 g/mol. The Labute approximate surface area is 577 Å². The van der Waals surface area contributed by atoms with E-state index in [0.29, 0.717) is 23.9 Å². The van der Waals surface area contributed by atoms with Crippen LogP contribution in [0.2, 0.25) is 0 Å². The number of phosphoric ester groups is 1. The van der Waals surface area contributed by atoms with Crippen molar-refractivity contribution >= 4 is 13.7 Å². The molecular weight excluding hydrogens is 1160 g/mol. The summed E-state index contributed by atoms with van der Waals surface area (Å²) in [5, 5.41) is 14.1. The van der Waals surface area contributed by atoms with E-state index in [1.165, 1.54) is 218 Å². The van der Waals surface area contributed by atoms with Crippen molar-refractivity contribution in [3.63, 3.8) is 0 Å². The van der Waals surface area contributed by atoms with Gasteiger partial charge >= 0.3 is 0 Å². The van der Waals surface area contributed by atoms with E-state index in [2.05, 4.69) is 141 Å². The molecule has 3 unspecified atom stereocenters. The van der Waals surface area contributed by atoms with Gasteiger partial charge in [-0.15, -0.1) is 0 Å². The monoisotopic (exact) mass is 1320 g/mol. The lowest BCUT2D eigenvalue weighted by Crippen LogP contribution is -2.46. The van der Waals surface area contributed by atoms with E-state index in [1.807, 2.05) is 21.1 Å². The van der Waals surface area contributed by atoms with Gasteiger partial charge in [0.1, 0.15) is 13.2 Å². The van der Waals surface area contributed by atoms with E-state index in [4.69, 9.17) is 9.05 Å². The lowest BCUT2D eigenvalue weighted by atomic mass is 10.0. The van der Waals surface area contributed by atoms with Crippen molar-refractivity contribution in [1.29, 1.82) is 0 Å². The zero-order valence-electron chi connectivity index (χ0n) is 61.7. The molecule has 0 fully saturated rings. The highest BCUT2D eigenvalue weighted by molar-refractivity contribution is 7.45. The molecule has 8 nitrogen and oxygen atoms in total. The quantitative estimate of drug-likeness (QED) is 0.0272. The number of rotatable bonds is 72. The third kappa shape index (κ3) is 76.1. The molecule has 0 bridgehead atoms. The first-order valence-corrected chi connectivity index (χ1v) is 40.8. The van der Waals surface area contributed by atoms with Gasteiger partial charge in [0.05, 0.1) is 39.9 Å². The van der Waals surface area contributed by atoms with Crippen molar-refractivity contribution in [2.45, 2.75) is 366 Å². The molecule has 2 N–H and O–H groups in total. The van der Waals surface area contributed by atoms with Crippen molar-refractivity contribution < 1.29 is 32.9 Å². The maximum Gasteiger partial charge on any atom is 0.268 e. The third-order valence-electron chi connectivity index (χ3n) is 17.5. The molecule has 0 aromatic carbocycles. The first-order valence-electron chi connectivity index (χ1n) is 39.4. The fourth-order valence-corrected chi connectivity index (χ4v) is 12.1. The minimum absolute atomic E-state index is 0.00721. The third-order valence-corrected chi connectivity index (χ3v) is 18.4. The molecule has 0 aliphatic heterocycles. The molecule has 538 valence electrons. The first kappa shape index (κ1) is 89.9. The highest BCUT2D eigenvalue weighted by Crippen LogP contribution is 2.38. The van der Waals surface area contributed by atoms with Crippen molar-refractivity contribution in [2.75, 3.05) is 40.9 Å². The predicted octanol–water partition coefficient (Wildman–Crippen LogP) is 25.3. The van der Waals surface area contributed by atoms with Crippen LogP contribution in [-0.4, -0.2) is 68.5 Å². The zero-order chi connectivity index (χ0) is 67.6. The molecule has 0 rings (SSSR count). The maximum absolute atomic E-state index is 13.1. The molecule has 0 aromatic heterocycles. The van der Waals surface area contributed by atoms with Crippen LogP contribution in [-0.2, 0) is 18.4 Å². The fourth-order valence-electron chi connectivity index (χ4n) is 11.4. The Bertz CT molecular complexity index is 1940. The van der Waals surface area contributed by atoms with E-state index in [0.717, 1.165) is 109 Å². The molecule has 0 spiro atoms. The zero-order valence-corrected chi connectivity index (χ0v) is 62.6.